The molecular formula is C19H36O4. The Kier molecular flexibility index (Phi) is 18.9. The van der Waals surface area contributed by atoms with Crippen LogP contribution in [0.4, 0.5) is 0 Å². The molecule has 0 aromatic carbocycles. The van der Waals surface area contributed by atoms with E-state index >= 15 is 0 Å². The van der Waals surface area contributed by atoms with E-state index in [4.69, 9.17) is 19.7 Å². The van der Waals surface area contributed by atoms with Gasteiger partial charge in [0.05, 0.1) is 26.4 Å². The number of aliphatic hydroxyl groups excluding tert-OH is 2. The SMILES string of the molecule is CCCCCCCCCCCCC#CC(OCCO)OCCO. The van der Waals surface area contributed by atoms with Crippen molar-refractivity contribution in [1.29, 1.82) is 0 Å². The highest BCUT2D eigenvalue weighted by Crippen LogP contribution is 2.11. The summed E-state index contributed by atoms with van der Waals surface area (Å²) in [6.07, 6.45) is 13.4. The van der Waals surface area contributed by atoms with Gasteiger partial charge in [-0.1, -0.05) is 70.6 Å². The lowest BCUT2D eigenvalue weighted by Gasteiger charge is -2.11. The highest BCUT2D eigenvalue weighted by Gasteiger charge is 2.03. The third-order valence-corrected chi connectivity index (χ3v) is 3.60. The Morgan fingerprint density at radius 2 is 1.22 bits per heavy atom. The number of aliphatic hydroxyl groups is 2. The van der Waals surface area contributed by atoms with Crippen molar-refractivity contribution < 1.29 is 19.7 Å². The summed E-state index contributed by atoms with van der Waals surface area (Å²) in [5.74, 6) is 5.97. The van der Waals surface area contributed by atoms with Gasteiger partial charge in [0.15, 0.2) is 0 Å². The molecule has 0 heterocycles. The highest BCUT2D eigenvalue weighted by atomic mass is 16.7. The normalized spacial score (nSPS) is 10.8. The van der Waals surface area contributed by atoms with Crippen LogP contribution in [-0.2, 0) is 9.47 Å². The Balaban J connectivity index is 3.49. The minimum Gasteiger partial charge on any atom is -0.394 e. The van der Waals surface area contributed by atoms with Crippen molar-refractivity contribution in [2.24, 2.45) is 0 Å². The monoisotopic (exact) mass is 328 g/mol. The largest absolute Gasteiger partial charge is 0.394 e. The van der Waals surface area contributed by atoms with Gasteiger partial charge in [0, 0.05) is 6.42 Å². The lowest BCUT2D eigenvalue weighted by Crippen LogP contribution is -2.19. The van der Waals surface area contributed by atoms with Crippen molar-refractivity contribution >= 4 is 0 Å². The van der Waals surface area contributed by atoms with Gasteiger partial charge >= 0.3 is 0 Å². The zero-order chi connectivity index (χ0) is 17.0. The Bertz CT molecular complexity index is 275. The second-order valence-corrected chi connectivity index (χ2v) is 5.77. The molecule has 0 fully saturated rings. The van der Waals surface area contributed by atoms with E-state index in [1.165, 1.54) is 57.8 Å². The first-order chi connectivity index (χ1) is 11.3. The fourth-order valence-electron chi connectivity index (χ4n) is 2.31. The molecule has 0 aliphatic carbocycles. The van der Waals surface area contributed by atoms with Crippen molar-refractivity contribution in [3.63, 3.8) is 0 Å². The summed E-state index contributed by atoms with van der Waals surface area (Å²) in [6, 6.07) is 0. The van der Waals surface area contributed by atoms with Crippen LogP contribution in [-0.4, -0.2) is 42.9 Å². The average Bonchev–Trinajstić information content (AvgIpc) is 2.57. The van der Waals surface area contributed by atoms with Gasteiger partial charge in [-0.15, -0.1) is 0 Å². The Labute approximate surface area is 142 Å². The quantitative estimate of drug-likeness (QED) is 0.258. The van der Waals surface area contributed by atoms with Crippen LogP contribution in [0.3, 0.4) is 0 Å². The lowest BCUT2D eigenvalue weighted by atomic mass is 10.1. The molecule has 0 rings (SSSR count). The first-order valence-corrected chi connectivity index (χ1v) is 9.28. The standard InChI is InChI=1S/C19H36O4/c1-2-3-4-5-6-7-8-9-10-11-12-13-14-19(22-17-15-20)23-18-16-21/h19-21H,2-12,15-18H2,1H3. The number of ether oxygens (including phenoxy) is 2. The van der Waals surface area contributed by atoms with Gasteiger partial charge in [0.25, 0.3) is 0 Å². The van der Waals surface area contributed by atoms with Crippen LogP contribution in [0, 0.1) is 11.8 Å². The molecule has 2 N–H and O–H groups in total. The summed E-state index contributed by atoms with van der Waals surface area (Å²) < 4.78 is 10.5. The minimum atomic E-state index is -0.641. The maximum Gasteiger partial charge on any atom is 0.222 e. The zero-order valence-electron chi connectivity index (χ0n) is 14.9. The van der Waals surface area contributed by atoms with E-state index in [1.807, 2.05) is 0 Å². The van der Waals surface area contributed by atoms with E-state index in [-0.39, 0.29) is 26.4 Å². The molecule has 4 nitrogen and oxygen atoms in total. The van der Waals surface area contributed by atoms with E-state index in [1.54, 1.807) is 0 Å². The maximum atomic E-state index is 8.74. The van der Waals surface area contributed by atoms with E-state index in [0.717, 1.165) is 12.8 Å². The molecule has 23 heavy (non-hydrogen) atoms. The molecule has 0 bridgehead atoms. The van der Waals surface area contributed by atoms with Crippen LogP contribution in [0.2, 0.25) is 0 Å². The van der Waals surface area contributed by atoms with Crippen LogP contribution in [0.5, 0.6) is 0 Å². The molecule has 0 saturated carbocycles. The summed E-state index contributed by atoms with van der Waals surface area (Å²) >= 11 is 0. The molecule has 0 spiro atoms. The number of rotatable bonds is 16. The molecule has 0 saturated heterocycles. The van der Waals surface area contributed by atoms with Crippen molar-refractivity contribution in [2.45, 2.75) is 83.8 Å². The molecule has 0 aliphatic heterocycles. The fourth-order valence-corrected chi connectivity index (χ4v) is 2.31. The van der Waals surface area contributed by atoms with Gasteiger partial charge in [0.2, 0.25) is 6.29 Å². The summed E-state index contributed by atoms with van der Waals surface area (Å²) in [6.45, 7) is 2.53. The topological polar surface area (TPSA) is 58.9 Å². The molecule has 0 atom stereocenters. The predicted molar refractivity (Wildman–Crippen MR) is 94.1 cm³/mol. The summed E-state index contributed by atoms with van der Waals surface area (Å²) in [5.41, 5.74) is 0. The molecule has 4 heteroatoms. The van der Waals surface area contributed by atoms with Gasteiger partial charge in [0.1, 0.15) is 0 Å². The maximum absolute atomic E-state index is 8.74. The minimum absolute atomic E-state index is 0.0564. The van der Waals surface area contributed by atoms with Gasteiger partial charge in [-0.25, -0.2) is 0 Å². The summed E-state index contributed by atoms with van der Waals surface area (Å²) in [5, 5.41) is 17.5. The second-order valence-electron chi connectivity index (χ2n) is 5.77. The smallest absolute Gasteiger partial charge is 0.222 e. The van der Waals surface area contributed by atoms with Crippen molar-refractivity contribution in [1.82, 2.24) is 0 Å². The zero-order valence-corrected chi connectivity index (χ0v) is 14.9. The average molecular weight is 328 g/mol. The first-order valence-electron chi connectivity index (χ1n) is 9.28. The number of hydrogen-bond donors (Lipinski definition) is 2. The third kappa shape index (κ3) is 17.6. The molecule has 0 radical (unpaired) electrons. The number of unbranched alkanes of at least 4 members (excludes halogenated alkanes) is 10. The Hall–Kier alpha value is -0.600. The van der Waals surface area contributed by atoms with Crippen LogP contribution in [0.1, 0.15) is 77.6 Å². The Morgan fingerprint density at radius 1 is 0.739 bits per heavy atom. The van der Waals surface area contributed by atoms with Crippen LogP contribution >= 0.6 is 0 Å². The van der Waals surface area contributed by atoms with E-state index in [9.17, 15) is 0 Å². The molecule has 0 aromatic heterocycles. The van der Waals surface area contributed by atoms with E-state index < -0.39 is 6.29 Å². The van der Waals surface area contributed by atoms with Crippen molar-refractivity contribution in [3.8, 4) is 11.8 Å². The lowest BCUT2D eigenvalue weighted by molar-refractivity contribution is -0.117. The molecular weight excluding hydrogens is 292 g/mol. The highest BCUT2D eigenvalue weighted by molar-refractivity contribution is 5.02. The van der Waals surface area contributed by atoms with Crippen LogP contribution in [0.25, 0.3) is 0 Å². The summed E-state index contributed by atoms with van der Waals surface area (Å²) in [7, 11) is 0. The van der Waals surface area contributed by atoms with Gasteiger partial charge in [-0.2, -0.15) is 0 Å². The molecule has 136 valence electrons. The van der Waals surface area contributed by atoms with Gasteiger partial charge in [-0.05, 0) is 12.3 Å². The first kappa shape index (κ1) is 22.4. The van der Waals surface area contributed by atoms with Crippen LogP contribution in [0.15, 0.2) is 0 Å². The van der Waals surface area contributed by atoms with Crippen molar-refractivity contribution in [2.75, 3.05) is 26.4 Å². The third-order valence-electron chi connectivity index (χ3n) is 3.60. The summed E-state index contributed by atoms with van der Waals surface area (Å²) in [4.78, 5) is 0. The molecule has 0 unspecified atom stereocenters. The number of hydrogen-bond acceptors (Lipinski definition) is 4. The molecule has 0 amide bonds. The van der Waals surface area contributed by atoms with Crippen LogP contribution < -0.4 is 0 Å². The predicted octanol–water partition coefficient (Wildman–Crippen LogP) is 3.64. The fraction of sp³-hybridized carbons (Fsp3) is 0.895. The van der Waals surface area contributed by atoms with Gasteiger partial charge in [-0.3, -0.25) is 0 Å². The van der Waals surface area contributed by atoms with Crippen molar-refractivity contribution in [3.05, 3.63) is 0 Å². The second kappa shape index (κ2) is 19.4. The van der Waals surface area contributed by atoms with Gasteiger partial charge < -0.3 is 19.7 Å². The van der Waals surface area contributed by atoms with E-state index in [2.05, 4.69) is 18.8 Å². The van der Waals surface area contributed by atoms with E-state index in [0.29, 0.717) is 0 Å². The molecule has 0 aromatic rings. The molecule has 0 aliphatic rings. The Morgan fingerprint density at radius 3 is 1.70 bits per heavy atom.